The normalized spacial score (nSPS) is 26.6. The van der Waals surface area contributed by atoms with Crippen LogP contribution in [0, 0.1) is 5.82 Å². The molecule has 0 aliphatic carbocycles. The summed E-state index contributed by atoms with van der Waals surface area (Å²) in [6, 6.07) is -0.685. The Labute approximate surface area is 171 Å². The standard InChI is InChI=1S/C19H29FN4O4S/c1-19(2,3)28-18(25)23-11-14(6-7-15-16(20)9-22-10-17(15)21)24-12-13(23)5-4-8-29(24,26)27/h9-10,13-14H,4-8,11-12,21H2,1-3H3/t13-,14+/m1/s1. The fraction of sp³-hybridized carbons (Fsp3) is 0.684. The van der Waals surface area contributed by atoms with Crippen LogP contribution < -0.4 is 5.73 Å². The number of nitrogens with zero attached hydrogens (tertiary/aromatic N) is 3. The molecule has 2 saturated heterocycles. The molecule has 1 amide bonds. The third-order valence-corrected chi connectivity index (χ3v) is 7.30. The Hall–Kier alpha value is -1.94. The van der Waals surface area contributed by atoms with Gasteiger partial charge in [-0.15, -0.1) is 0 Å². The van der Waals surface area contributed by atoms with E-state index in [1.807, 2.05) is 0 Å². The van der Waals surface area contributed by atoms with Crippen LogP contribution in [-0.4, -0.2) is 65.2 Å². The van der Waals surface area contributed by atoms with E-state index in [1.165, 1.54) is 10.5 Å². The van der Waals surface area contributed by atoms with E-state index >= 15 is 0 Å². The van der Waals surface area contributed by atoms with Gasteiger partial charge in [0, 0.05) is 30.7 Å². The van der Waals surface area contributed by atoms with Gasteiger partial charge in [-0.2, -0.15) is 4.31 Å². The molecule has 1 unspecified atom stereocenters. The summed E-state index contributed by atoms with van der Waals surface area (Å²) in [5.74, 6) is -0.463. The summed E-state index contributed by atoms with van der Waals surface area (Å²) in [5.41, 5.74) is 5.75. The molecule has 29 heavy (non-hydrogen) atoms. The number of rotatable bonds is 3. The number of pyridine rings is 1. The summed E-state index contributed by atoms with van der Waals surface area (Å²) >= 11 is 0. The van der Waals surface area contributed by atoms with Crippen LogP contribution in [-0.2, 0) is 21.2 Å². The van der Waals surface area contributed by atoms with Crippen LogP contribution >= 0.6 is 0 Å². The number of hydrogen-bond acceptors (Lipinski definition) is 6. The lowest BCUT2D eigenvalue weighted by Crippen LogP contribution is -2.60. The molecule has 2 N–H and O–H groups in total. The second-order valence-corrected chi connectivity index (χ2v) is 10.7. The first-order valence-electron chi connectivity index (χ1n) is 9.85. The van der Waals surface area contributed by atoms with Crippen molar-refractivity contribution >= 4 is 21.8 Å². The van der Waals surface area contributed by atoms with Gasteiger partial charge >= 0.3 is 6.09 Å². The van der Waals surface area contributed by atoms with Crippen molar-refractivity contribution in [1.82, 2.24) is 14.2 Å². The van der Waals surface area contributed by atoms with Gasteiger partial charge in [-0.25, -0.2) is 17.6 Å². The molecular weight excluding hydrogens is 399 g/mol. The molecule has 0 spiro atoms. The molecule has 2 fully saturated rings. The minimum absolute atomic E-state index is 0.0495. The number of carbonyl (C=O) groups excluding carboxylic acids is 1. The third-order valence-electron chi connectivity index (χ3n) is 5.34. The molecule has 3 heterocycles. The van der Waals surface area contributed by atoms with Gasteiger partial charge in [0.15, 0.2) is 0 Å². The quantitative estimate of drug-likeness (QED) is 0.791. The summed E-state index contributed by atoms with van der Waals surface area (Å²) in [4.78, 5) is 18.1. The van der Waals surface area contributed by atoms with Crippen LogP contribution in [0.1, 0.15) is 45.6 Å². The van der Waals surface area contributed by atoms with Crippen molar-refractivity contribution in [3.8, 4) is 0 Å². The lowest BCUT2D eigenvalue weighted by atomic mass is 9.99. The number of amides is 1. The van der Waals surface area contributed by atoms with Crippen molar-refractivity contribution in [3.63, 3.8) is 0 Å². The predicted molar refractivity (Wildman–Crippen MR) is 107 cm³/mol. The number of sulfonamides is 1. The van der Waals surface area contributed by atoms with E-state index in [2.05, 4.69) is 4.98 Å². The number of nitrogen functional groups attached to an aromatic ring is 1. The SMILES string of the molecule is CC(C)(C)OC(=O)N1C[C@H](CCc2c(N)cncc2F)N2C[C@H]1CCCS2(=O)=O. The van der Waals surface area contributed by atoms with Crippen LogP contribution in [0.3, 0.4) is 0 Å². The predicted octanol–water partition coefficient (Wildman–Crippen LogP) is 2.15. The topological polar surface area (TPSA) is 106 Å². The molecule has 1 aromatic rings. The van der Waals surface area contributed by atoms with Crippen molar-refractivity contribution in [3.05, 3.63) is 23.8 Å². The Kier molecular flexibility index (Phi) is 6.05. The minimum atomic E-state index is -3.43. The average Bonchev–Trinajstić information content (AvgIpc) is 2.71. The molecule has 2 aliphatic rings. The zero-order valence-electron chi connectivity index (χ0n) is 17.1. The Balaban J connectivity index is 1.83. The summed E-state index contributed by atoms with van der Waals surface area (Å²) in [7, 11) is -3.43. The summed E-state index contributed by atoms with van der Waals surface area (Å²) < 4.78 is 46.6. The van der Waals surface area contributed by atoms with Crippen LogP contribution in [0.25, 0.3) is 0 Å². The van der Waals surface area contributed by atoms with E-state index in [9.17, 15) is 17.6 Å². The molecule has 2 bridgehead atoms. The molecule has 162 valence electrons. The van der Waals surface area contributed by atoms with Crippen molar-refractivity contribution in [2.24, 2.45) is 0 Å². The van der Waals surface area contributed by atoms with E-state index in [0.29, 0.717) is 24.8 Å². The van der Waals surface area contributed by atoms with Gasteiger partial charge in [-0.1, -0.05) is 0 Å². The fourth-order valence-corrected chi connectivity index (χ4v) is 5.75. The highest BCUT2D eigenvalue weighted by Crippen LogP contribution is 2.30. The molecular formula is C19H29FN4O4S. The lowest BCUT2D eigenvalue weighted by Gasteiger charge is -2.44. The third kappa shape index (κ3) is 4.98. The lowest BCUT2D eigenvalue weighted by molar-refractivity contribution is -0.00328. The Morgan fingerprint density at radius 1 is 1.34 bits per heavy atom. The maximum atomic E-state index is 14.1. The van der Waals surface area contributed by atoms with Crippen molar-refractivity contribution < 1.29 is 22.3 Å². The first kappa shape index (κ1) is 21.8. The molecule has 0 aromatic carbocycles. The molecule has 10 heteroatoms. The van der Waals surface area contributed by atoms with Gasteiger partial charge in [-0.05, 0) is 46.5 Å². The monoisotopic (exact) mass is 428 g/mol. The highest BCUT2D eigenvalue weighted by atomic mass is 32.2. The van der Waals surface area contributed by atoms with Gasteiger partial charge in [0.1, 0.15) is 11.4 Å². The Morgan fingerprint density at radius 3 is 2.72 bits per heavy atom. The highest BCUT2D eigenvalue weighted by Gasteiger charge is 2.44. The van der Waals surface area contributed by atoms with Crippen LogP contribution in [0.2, 0.25) is 0 Å². The summed E-state index contributed by atoms with van der Waals surface area (Å²) in [6.07, 6.45) is 3.72. The number of hydrogen-bond donors (Lipinski definition) is 1. The van der Waals surface area contributed by atoms with E-state index in [0.717, 1.165) is 6.20 Å². The first-order valence-corrected chi connectivity index (χ1v) is 11.5. The van der Waals surface area contributed by atoms with Gasteiger partial charge in [0.05, 0.1) is 23.8 Å². The second kappa shape index (κ2) is 8.06. The fourth-order valence-electron chi connectivity index (χ4n) is 3.96. The van der Waals surface area contributed by atoms with E-state index in [4.69, 9.17) is 10.5 Å². The van der Waals surface area contributed by atoms with Gasteiger partial charge in [0.2, 0.25) is 10.0 Å². The number of nitrogens with two attached hydrogens (primary N) is 1. The van der Waals surface area contributed by atoms with Crippen molar-refractivity contribution in [2.75, 3.05) is 24.6 Å². The summed E-state index contributed by atoms with van der Waals surface area (Å²) in [5, 5.41) is 0. The highest BCUT2D eigenvalue weighted by molar-refractivity contribution is 7.89. The van der Waals surface area contributed by atoms with Gasteiger partial charge in [-0.3, -0.25) is 4.98 Å². The summed E-state index contributed by atoms with van der Waals surface area (Å²) in [6.45, 7) is 5.84. The number of fused-ring (bicyclic) bond motifs is 2. The Bertz CT molecular complexity index is 851. The maximum absolute atomic E-state index is 14.1. The number of anilines is 1. The molecule has 2 aliphatic heterocycles. The number of aromatic nitrogens is 1. The second-order valence-electron chi connectivity index (χ2n) is 8.70. The van der Waals surface area contributed by atoms with Gasteiger partial charge < -0.3 is 15.4 Å². The molecule has 0 saturated carbocycles. The van der Waals surface area contributed by atoms with E-state index in [1.54, 1.807) is 25.7 Å². The first-order chi connectivity index (χ1) is 13.5. The van der Waals surface area contributed by atoms with Crippen LogP contribution in [0.4, 0.5) is 14.9 Å². The molecule has 3 atom stereocenters. The Morgan fingerprint density at radius 2 is 2.07 bits per heavy atom. The molecule has 8 nitrogen and oxygen atoms in total. The van der Waals surface area contributed by atoms with Crippen LogP contribution in [0.15, 0.2) is 12.4 Å². The zero-order chi connectivity index (χ0) is 21.4. The molecule has 3 rings (SSSR count). The minimum Gasteiger partial charge on any atom is -0.444 e. The van der Waals surface area contributed by atoms with Gasteiger partial charge in [0.25, 0.3) is 0 Å². The average molecular weight is 429 g/mol. The number of halogens is 1. The van der Waals surface area contributed by atoms with Crippen molar-refractivity contribution in [2.45, 2.75) is 64.1 Å². The zero-order valence-corrected chi connectivity index (χ0v) is 17.9. The molecule has 1 aromatic heterocycles. The number of carbonyl (C=O) groups is 1. The largest absolute Gasteiger partial charge is 0.444 e. The van der Waals surface area contributed by atoms with Crippen LogP contribution in [0.5, 0.6) is 0 Å². The molecule has 0 radical (unpaired) electrons. The number of piperazine rings is 1. The number of ether oxygens (including phenoxy) is 1. The van der Waals surface area contributed by atoms with E-state index < -0.39 is 33.6 Å². The van der Waals surface area contributed by atoms with E-state index in [-0.39, 0.29) is 37.0 Å². The maximum Gasteiger partial charge on any atom is 0.410 e. The smallest absolute Gasteiger partial charge is 0.410 e. The van der Waals surface area contributed by atoms with Crippen molar-refractivity contribution in [1.29, 1.82) is 0 Å².